The molecule has 1 aliphatic heterocycles. The van der Waals surface area contributed by atoms with Crippen molar-refractivity contribution >= 4 is 33.4 Å². The molecule has 1 unspecified atom stereocenters. The molecule has 112 valence electrons. The lowest BCUT2D eigenvalue weighted by atomic mass is 10.1. The molecule has 3 N–H and O–H groups in total. The molecule has 0 radical (unpaired) electrons. The van der Waals surface area contributed by atoms with E-state index in [0.717, 1.165) is 30.2 Å². The number of rotatable bonds is 3. The molecular formula is C15H18BrN3O2. The number of nitrogens with zero attached hydrogens (tertiary/aromatic N) is 1. The number of anilines is 1. The quantitative estimate of drug-likeness (QED) is 0.816. The Morgan fingerprint density at radius 1 is 1.29 bits per heavy atom. The summed E-state index contributed by atoms with van der Waals surface area (Å²) in [6.45, 7) is 0.605. The first kappa shape index (κ1) is 14.4. The third kappa shape index (κ3) is 3.05. The van der Waals surface area contributed by atoms with Gasteiger partial charge in [0.05, 0.1) is 5.56 Å². The minimum absolute atomic E-state index is 0.0306. The van der Waals surface area contributed by atoms with Gasteiger partial charge in [-0.1, -0.05) is 15.9 Å². The number of likely N-dealkylation sites (tertiary alicyclic amines) is 1. The average molecular weight is 352 g/mol. The first-order valence-electron chi connectivity index (χ1n) is 7.22. The lowest BCUT2D eigenvalue weighted by molar-refractivity contribution is -0.125. The first-order valence-corrected chi connectivity index (χ1v) is 8.02. The van der Waals surface area contributed by atoms with E-state index in [4.69, 9.17) is 5.73 Å². The predicted octanol–water partition coefficient (Wildman–Crippen LogP) is 1.91. The van der Waals surface area contributed by atoms with Gasteiger partial charge in [0.15, 0.2) is 0 Å². The molecule has 6 heteroatoms. The van der Waals surface area contributed by atoms with Crippen molar-refractivity contribution in [1.82, 2.24) is 10.2 Å². The molecule has 1 aliphatic carbocycles. The second kappa shape index (κ2) is 5.67. The largest absolute Gasteiger partial charge is 0.398 e. The summed E-state index contributed by atoms with van der Waals surface area (Å²) in [6.07, 6.45) is 3.66. The molecule has 3 rings (SSSR count). The predicted molar refractivity (Wildman–Crippen MR) is 83.8 cm³/mol. The Bertz CT molecular complexity index is 586. The van der Waals surface area contributed by atoms with E-state index in [1.807, 2.05) is 0 Å². The zero-order chi connectivity index (χ0) is 15.0. The summed E-state index contributed by atoms with van der Waals surface area (Å²) in [4.78, 5) is 26.6. The highest BCUT2D eigenvalue weighted by Crippen LogP contribution is 2.26. The summed E-state index contributed by atoms with van der Waals surface area (Å²) in [6, 6.07) is 5.16. The first-order chi connectivity index (χ1) is 10.1. The highest BCUT2D eigenvalue weighted by atomic mass is 79.9. The third-order valence-electron chi connectivity index (χ3n) is 3.99. The molecule has 1 saturated carbocycles. The van der Waals surface area contributed by atoms with Gasteiger partial charge in [-0.2, -0.15) is 0 Å². The highest BCUT2D eigenvalue weighted by molar-refractivity contribution is 9.10. The normalized spacial score (nSPS) is 21.4. The van der Waals surface area contributed by atoms with Gasteiger partial charge >= 0.3 is 0 Å². The van der Waals surface area contributed by atoms with Crippen LogP contribution in [0.3, 0.4) is 0 Å². The number of amides is 2. The van der Waals surface area contributed by atoms with Gasteiger partial charge in [0.25, 0.3) is 5.91 Å². The van der Waals surface area contributed by atoms with Crippen LogP contribution in [0.4, 0.5) is 5.69 Å². The lowest BCUT2D eigenvalue weighted by Crippen LogP contribution is -2.46. The summed E-state index contributed by atoms with van der Waals surface area (Å²) in [7, 11) is 0. The molecule has 0 bridgehead atoms. The van der Waals surface area contributed by atoms with Crippen LogP contribution in [0.1, 0.15) is 36.0 Å². The van der Waals surface area contributed by atoms with Crippen molar-refractivity contribution in [3.8, 4) is 0 Å². The van der Waals surface area contributed by atoms with Crippen molar-refractivity contribution in [2.75, 3.05) is 12.3 Å². The fourth-order valence-corrected chi connectivity index (χ4v) is 3.04. The maximum absolute atomic E-state index is 12.7. The molecule has 2 fully saturated rings. The van der Waals surface area contributed by atoms with Crippen LogP contribution < -0.4 is 11.1 Å². The van der Waals surface area contributed by atoms with E-state index in [1.54, 1.807) is 23.1 Å². The van der Waals surface area contributed by atoms with Crippen LogP contribution in [0, 0.1) is 0 Å². The van der Waals surface area contributed by atoms with Crippen LogP contribution >= 0.6 is 15.9 Å². The maximum atomic E-state index is 12.7. The number of benzene rings is 1. The van der Waals surface area contributed by atoms with Crippen LogP contribution in [0.2, 0.25) is 0 Å². The minimum atomic E-state index is -0.364. The van der Waals surface area contributed by atoms with Gasteiger partial charge < -0.3 is 16.0 Å². The van der Waals surface area contributed by atoms with E-state index >= 15 is 0 Å². The number of carbonyl (C=O) groups is 2. The monoisotopic (exact) mass is 351 g/mol. The highest BCUT2D eigenvalue weighted by Gasteiger charge is 2.37. The second-order valence-electron chi connectivity index (χ2n) is 5.67. The lowest BCUT2D eigenvalue weighted by Gasteiger charge is -2.24. The third-order valence-corrected chi connectivity index (χ3v) is 4.48. The van der Waals surface area contributed by atoms with E-state index in [2.05, 4.69) is 21.2 Å². The molecule has 1 saturated heterocycles. The topological polar surface area (TPSA) is 75.4 Å². The number of hydrogen-bond acceptors (Lipinski definition) is 3. The van der Waals surface area contributed by atoms with Crippen molar-refractivity contribution in [2.24, 2.45) is 0 Å². The van der Waals surface area contributed by atoms with Gasteiger partial charge in [-0.05, 0) is 43.9 Å². The van der Waals surface area contributed by atoms with Gasteiger partial charge in [-0.15, -0.1) is 0 Å². The molecule has 1 heterocycles. The fraction of sp³-hybridized carbons (Fsp3) is 0.467. The van der Waals surface area contributed by atoms with Crippen LogP contribution in [0.5, 0.6) is 0 Å². The standard InChI is InChI=1S/C15H18BrN3O2/c16-9-3-6-12(17)11(8-9)15(21)19-7-1-2-13(19)14(20)18-10-4-5-10/h3,6,8,10,13H,1-2,4-5,7,17H2,(H,18,20). The van der Waals surface area contributed by atoms with E-state index < -0.39 is 0 Å². The molecule has 0 spiro atoms. The Morgan fingerprint density at radius 3 is 2.76 bits per heavy atom. The van der Waals surface area contributed by atoms with Crippen LogP contribution in [0.15, 0.2) is 22.7 Å². The molecule has 21 heavy (non-hydrogen) atoms. The Labute approximate surface area is 132 Å². The van der Waals surface area contributed by atoms with Crippen molar-refractivity contribution < 1.29 is 9.59 Å². The van der Waals surface area contributed by atoms with Gasteiger partial charge in [-0.25, -0.2) is 0 Å². The number of hydrogen-bond donors (Lipinski definition) is 2. The van der Waals surface area contributed by atoms with Gasteiger partial charge in [0, 0.05) is 22.7 Å². The molecule has 2 amide bonds. The molecule has 1 aromatic rings. The summed E-state index contributed by atoms with van der Waals surface area (Å²) in [5, 5.41) is 2.98. The smallest absolute Gasteiger partial charge is 0.256 e. The van der Waals surface area contributed by atoms with E-state index in [1.165, 1.54) is 0 Å². The summed E-state index contributed by atoms with van der Waals surface area (Å²) in [5.74, 6) is -0.195. The summed E-state index contributed by atoms with van der Waals surface area (Å²) in [5.41, 5.74) is 6.80. The maximum Gasteiger partial charge on any atom is 0.256 e. The van der Waals surface area contributed by atoms with E-state index in [9.17, 15) is 9.59 Å². The number of carbonyl (C=O) groups excluding carboxylic acids is 2. The molecule has 2 aliphatic rings. The SMILES string of the molecule is Nc1ccc(Br)cc1C(=O)N1CCCC1C(=O)NC1CC1. The fourth-order valence-electron chi connectivity index (χ4n) is 2.68. The number of halogens is 1. The molecule has 1 aromatic carbocycles. The number of nitrogens with one attached hydrogen (secondary N) is 1. The second-order valence-corrected chi connectivity index (χ2v) is 6.59. The van der Waals surface area contributed by atoms with E-state index in [0.29, 0.717) is 23.8 Å². The van der Waals surface area contributed by atoms with Crippen molar-refractivity contribution in [1.29, 1.82) is 0 Å². The Kier molecular flexibility index (Phi) is 3.89. The van der Waals surface area contributed by atoms with Crippen molar-refractivity contribution in [3.05, 3.63) is 28.2 Å². The van der Waals surface area contributed by atoms with Crippen molar-refractivity contribution in [3.63, 3.8) is 0 Å². The molecular weight excluding hydrogens is 334 g/mol. The zero-order valence-electron chi connectivity index (χ0n) is 11.6. The zero-order valence-corrected chi connectivity index (χ0v) is 13.2. The van der Waals surface area contributed by atoms with Gasteiger partial charge in [-0.3, -0.25) is 9.59 Å². The van der Waals surface area contributed by atoms with Crippen molar-refractivity contribution in [2.45, 2.75) is 37.8 Å². The number of nitrogens with two attached hydrogens (primary N) is 1. The molecule has 1 atom stereocenters. The van der Waals surface area contributed by atoms with Gasteiger partial charge in [0.1, 0.15) is 6.04 Å². The summed E-state index contributed by atoms with van der Waals surface area (Å²) < 4.78 is 0.804. The summed E-state index contributed by atoms with van der Waals surface area (Å²) >= 11 is 3.35. The van der Waals surface area contributed by atoms with Crippen LogP contribution in [-0.2, 0) is 4.79 Å². The Balaban J connectivity index is 1.78. The molecule has 0 aromatic heterocycles. The average Bonchev–Trinajstić information content (AvgIpc) is 3.13. The Morgan fingerprint density at radius 2 is 2.05 bits per heavy atom. The van der Waals surface area contributed by atoms with Crippen LogP contribution in [0.25, 0.3) is 0 Å². The van der Waals surface area contributed by atoms with Crippen LogP contribution in [-0.4, -0.2) is 35.3 Å². The Hall–Kier alpha value is -1.56. The van der Waals surface area contributed by atoms with Gasteiger partial charge in [0.2, 0.25) is 5.91 Å². The number of nitrogen functional groups attached to an aromatic ring is 1. The molecule has 5 nitrogen and oxygen atoms in total. The van der Waals surface area contributed by atoms with E-state index in [-0.39, 0.29) is 17.9 Å². The minimum Gasteiger partial charge on any atom is -0.398 e.